The van der Waals surface area contributed by atoms with Crippen LogP contribution < -0.4 is 5.32 Å². The molecule has 1 aliphatic rings. The van der Waals surface area contributed by atoms with Crippen LogP contribution >= 0.6 is 0 Å². The molecule has 0 aliphatic heterocycles. The molecule has 1 aromatic heterocycles. The molecule has 0 radical (unpaired) electrons. The molecule has 0 saturated heterocycles. The third-order valence-corrected chi connectivity index (χ3v) is 3.01. The van der Waals surface area contributed by atoms with E-state index in [1.807, 2.05) is 0 Å². The van der Waals surface area contributed by atoms with Crippen LogP contribution in [0.3, 0.4) is 0 Å². The van der Waals surface area contributed by atoms with Crippen LogP contribution in [0.1, 0.15) is 17.0 Å². The molecule has 1 N–H and O–H groups in total. The standard InChI is InChI=1S/C12H13N3O/c1-2-4-10-6-11(5-9(10)3-1)13-7-12-14-8-16-15-12/h1-4,8,11,13H,5-7H2. The molecule has 4 nitrogen and oxygen atoms in total. The molecular formula is C12H13N3O. The van der Waals surface area contributed by atoms with Crippen LogP contribution in [0.25, 0.3) is 0 Å². The molecule has 82 valence electrons. The Balaban J connectivity index is 1.60. The average Bonchev–Trinajstić information content (AvgIpc) is 2.95. The fraction of sp³-hybridized carbons (Fsp3) is 0.333. The number of hydrogen-bond donors (Lipinski definition) is 1. The van der Waals surface area contributed by atoms with Crippen molar-refractivity contribution in [1.82, 2.24) is 15.5 Å². The Morgan fingerprint density at radius 1 is 1.25 bits per heavy atom. The van der Waals surface area contributed by atoms with Gasteiger partial charge in [0.2, 0.25) is 6.39 Å². The Hall–Kier alpha value is -1.68. The summed E-state index contributed by atoms with van der Waals surface area (Å²) in [6, 6.07) is 9.09. The van der Waals surface area contributed by atoms with Gasteiger partial charge in [0.25, 0.3) is 0 Å². The van der Waals surface area contributed by atoms with Crippen LogP contribution in [0.2, 0.25) is 0 Å². The highest BCUT2D eigenvalue weighted by atomic mass is 16.5. The minimum atomic E-state index is 0.496. The summed E-state index contributed by atoms with van der Waals surface area (Å²) in [6.45, 7) is 0.676. The van der Waals surface area contributed by atoms with Crippen molar-refractivity contribution in [2.24, 2.45) is 0 Å². The first-order valence-corrected chi connectivity index (χ1v) is 5.47. The lowest BCUT2D eigenvalue weighted by atomic mass is 10.1. The molecule has 0 amide bonds. The molecule has 0 atom stereocenters. The third kappa shape index (κ3) is 1.84. The van der Waals surface area contributed by atoms with E-state index in [1.54, 1.807) is 0 Å². The number of fused-ring (bicyclic) bond motifs is 1. The summed E-state index contributed by atoms with van der Waals surface area (Å²) in [5, 5.41) is 7.22. The van der Waals surface area contributed by atoms with Crippen molar-refractivity contribution in [3.8, 4) is 0 Å². The van der Waals surface area contributed by atoms with E-state index in [4.69, 9.17) is 4.52 Å². The van der Waals surface area contributed by atoms with Crippen molar-refractivity contribution in [3.05, 3.63) is 47.6 Å². The van der Waals surface area contributed by atoms with Crippen LogP contribution in [-0.4, -0.2) is 16.2 Å². The smallest absolute Gasteiger partial charge is 0.213 e. The number of hydrogen-bond acceptors (Lipinski definition) is 4. The molecule has 4 heteroatoms. The Kier molecular flexibility index (Phi) is 2.42. The summed E-state index contributed by atoms with van der Waals surface area (Å²) in [5.74, 6) is 0.718. The maximum atomic E-state index is 4.69. The van der Waals surface area contributed by atoms with E-state index in [-0.39, 0.29) is 0 Å². The second kappa shape index (κ2) is 4.06. The van der Waals surface area contributed by atoms with Crippen molar-refractivity contribution in [3.63, 3.8) is 0 Å². The molecule has 0 spiro atoms. The molecule has 0 bridgehead atoms. The fourth-order valence-corrected chi connectivity index (χ4v) is 2.21. The lowest BCUT2D eigenvalue weighted by Crippen LogP contribution is -2.29. The van der Waals surface area contributed by atoms with Crippen molar-refractivity contribution in [2.75, 3.05) is 0 Å². The van der Waals surface area contributed by atoms with E-state index in [1.165, 1.54) is 17.5 Å². The Morgan fingerprint density at radius 3 is 2.62 bits per heavy atom. The van der Waals surface area contributed by atoms with Crippen LogP contribution in [-0.2, 0) is 19.4 Å². The topological polar surface area (TPSA) is 51.0 Å². The van der Waals surface area contributed by atoms with Gasteiger partial charge in [0.1, 0.15) is 0 Å². The summed E-state index contributed by atoms with van der Waals surface area (Å²) in [7, 11) is 0. The maximum absolute atomic E-state index is 4.69. The molecule has 1 heterocycles. The Labute approximate surface area is 93.7 Å². The number of aromatic nitrogens is 2. The van der Waals surface area contributed by atoms with Gasteiger partial charge in [0, 0.05) is 6.04 Å². The largest absolute Gasteiger partial charge is 0.343 e. The molecule has 0 fully saturated rings. The first-order valence-electron chi connectivity index (χ1n) is 5.47. The number of nitrogens with zero attached hydrogens (tertiary/aromatic N) is 2. The number of nitrogens with one attached hydrogen (secondary N) is 1. The number of rotatable bonds is 3. The van der Waals surface area contributed by atoms with Crippen LogP contribution in [0.4, 0.5) is 0 Å². The van der Waals surface area contributed by atoms with E-state index in [0.717, 1.165) is 18.7 Å². The zero-order valence-corrected chi connectivity index (χ0v) is 8.89. The summed E-state index contributed by atoms with van der Waals surface area (Å²) >= 11 is 0. The van der Waals surface area contributed by atoms with Gasteiger partial charge in [-0.05, 0) is 24.0 Å². The summed E-state index contributed by atoms with van der Waals surface area (Å²) in [5.41, 5.74) is 2.90. The van der Waals surface area contributed by atoms with Crippen LogP contribution in [0.5, 0.6) is 0 Å². The van der Waals surface area contributed by atoms with Gasteiger partial charge < -0.3 is 9.84 Å². The fourth-order valence-electron chi connectivity index (χ4n) is 2.21. The van der Waals surface area contributed by atoms with E-state index >= 15 is 0 Å². The molecule has 2 aromatic rings. The highest BCUT2D eigenvalue weighted by Gasteiger charge is 2.20. The Morgan fingerprint density at radius 2 is 2.00 bits per heavy atom. The molecular weight excluding hydrogens is 202 g/mol. The van der Waals surface area contributed by atoms with E-state index in [2.05, 4.69) is 39.7 Å². The molecule has 0 saturated carbocycles. The molecule has 16 heavy (non-hydrogen) atoms. The highest BCUT2D eigenvalue weighted by Crippen LogP contribution is 2.21. The van der Waals surface area contributed by atoms with Gasteiger partial charge in [-0.3, -0.25) is 0 Å². The first-order chi connectivity index (χ1) is 7.92. The van der Waals surface area contributed by atoms with Crippen LogP contribution in [0.15, 0.2) is 35.2 Å². The van der Waals surface area contributed by atoms with E-state index in [9.17, 15) is 0 Å². The first kappa shape index (κ1) is 9.54. The molecule has 3 rings (SSSR count). The van der Waals surface area contributed by atoms with Crippen molar-refractivity contribution in [1.29, 1.82) is 0 Å². The van der Waals surface area contributed by atoms with Gasteiger partial charge in [-0.2, -0.15) is 4.98 Å². The van der Waals surface area contributed by atoms with Gasteiger partial charge in [-0.15, -0.1) is 0 Å². The lowest BCUT2D eigenvalue weighted by Gasteiger charge is -2.09. The zero-order chi connectivity index (χ0) is 10.8. The van der Waals surface area contributed by atoms with E-state index < -0.39 is 0 Å². The van der Waals surface area contributed by atoms with Crippen molar-refractivity contribution >= 4 is 0 Å². The van der Waals surface area contributed by atoms with Gasteiger partial charge in [0.15, 0.2) is 5.82 Å². The maximum Gasteiger partial charge on any atom is 0.213 e. The third-order valence-electron chi connectivity index (χ3n) is 3.01. The van der Waals surface area contributed by atoms with Gasteiger partial charge in [-0.1, -0.05) is 29.4 Å². The summed E-state index contributed by atoms with van der Waals surface area (Å²) in [4.78, 5) is 3.99. The molecule has 1 aliphatic carbocycles. The second-order valence-corrected chi connectivity index (χ2v) is 4.10. The molecule has 1 aromatic carbocycles. The monoisotopic (exact) mass is 215 g/mol. The van der Waals surface area contributed by atoms with Gasteiger partial charge >= 0.3 is 0 Å². The Bertz CT molecular complexity index is 442. The van der Waals surface area contributed by atoms with Crippen LogP contribution in [0, 0.1) is 0 Å². The number of benzene rings is 1. The normalized spacial score (nSPS) is 15.2. The van der Waals surface area contributed by atoms with Gasteiger partial charge in [-0.25, -0.2) is 0 Å². The highest BCUT2D eigenvalue weighted by molar-refractivity contribution is 5.33. The predicted molar refractivity (Wildman–Crippen MR) is 58.8 cm³/mol. The minimum absolute atomic E-state index is 0.496. The van der Waals surface area contributed by atoms with Gasteiger partial charge in [0.05, 0.1) is 6.54 Å². The lowest BCUT2D eigenvalue weighted by molar-refractivity contribution is 0.404. The predicted octanol–water partition coefficient (Wildman–Crippen LogP) is 1.33. The summed E-state index contributed by atoms with van der Waals surface area (Å²) < 4.78 is 4.69. The minimum Gasteiger partial charge on any atom is -0.343 e. The average molecular weight is 215 g/mol. The quantitative estimate of drug-likeness (QED) is 0.839. The summed E-state index contributed by atoms with van der Waals surface area (Å²) in [6.07, 6.45) is 3.54. The zero-order valence-electron chi connectivity index (χ0n) is 8.89. The molecule has 0 unspecified atom stereocenters. The van der Waals surface area contributed by atoms with Crippen molar-refractivity contribution < 1.29 is 4.52 Å². The van der Waals surface area contributed by atoms with E-state index in [0.29, 0.717) is 12.6 Å². The second-order valence-electron chi connectivity index (χ2n) is 4.10. The van der Waals surface area contributed by atoms with Crippen molar-refractivity contribution in [2.45, 2.75) is 25.4 Å². The SMILES string of the molecule is c1ccc2c(c1)CC(NCc1ncon1)C2.